The van der Waals surface area contributed by atoms with Crippen molar-refractivity contribution >= 4 is 15.9 Å². The van der Waals surface area contributed by atoms with Gasteiger partial charge in [-0.25, -0.2) is 0 Å². The van der Waals surface area contributed by atoms with Crippen LogP contribution in [0, 0.1) is 0 Å². The van der Waals surface area contributed by atoms with Crippen LogP contribution in [-0.4, -0.2) is 12.6 Å². The molecule has 2 heteroatoms. The van der Waals surface area contributed by atoms with E-state index in [-0.39, 0.29) is 0 Å². The summed E-state index contributed by atoms with van der Waals surface area (Å²) < 4.78 is 1.19. The zero-order valence-electron chi connectivity index (χ0n) is 10.4. The van der Waals surface area contributed by atoms with Gasteiger partial charge < -0.3 is 5.32 Å². The summed E-state index contributed by atoms with van der Waals surface area (Å²) in [6, 6.07) is 9.44. The Hall–Kier alpha value is -0.340. The standard InChI is InChI=1S/C15H22BrN/c16-14-8-4-6-13(12-14)7-5-11-17-15-9-2-1-3-10-15/h4,6,8,12,15,17H,1-3,5,7,9-11H2. The van der Waals surface area contributed by atoms with Gasteiger partial charge in [0.05, 0.1) is 0 Å². The fraction of sp³-hybridized carbons (Fsp3) is 0.600. The van der Waals surface area contributed by atoms with E-state index in [1.807, 2.05) is 0 Å². The molecule has 0 bridgehead atoms. The Morgan fingerprint density at radius 1 is 1.18 bits per heavy atom. The molecule has 94 valence electrons. The van der Waals surface area contributed by atoms with E-state index in [9.17, 15) is 0 Å². The lowest BCUT2D eigenvalue weighted by atomic mass is 9.95. The highest BCUT2D eigenvalue weighted by atomic mass is 79.9. The highest BCUT2D eigenvalue weighted by molar-refractivity contribution is 9.10. The van der Waals surface area contributed by atoms with Gasteiger partial charge in [0.15, 0.2) is 0 Å². The first-order valence-corrected chi connectivity index (χ1v) is 7.62. The Labute approximate surface area is 113 Å². The molecule has 2 rings (SSSR count). The maximum Gasteiger partial charge on any atom is 0.0177 e. The van der Waals surface area contributed by atoms with Crippen LogP contribution in [-0.2, 0) is 6.42 Å². The van der Waals surface area contributed by atoms with E-state index < -0.39 is 0 Å². The molecule has 1 aliphatic rings. The molecule has 1 saturated carbocycles. The lowest BCUT2D eigenvalue weighted by molar-refractivity contribution is 0.372. The third-order valence-electron chi connectivity index (χ3n) is 3.57. The Morgan fingerprint density at radius 2 is 2.00 bits per heavy atom. The van der Waals surface area contributed by atoms with Gasteiger partial charge >= 0.3 is 0 Å². The summed E-state index contributed by atoms with van der Waals surface area (Å²) >= 11 is 3.52. The van der Waals surface area contributed by atoms with Gasteiger partial charge in [0.2, 0.25) is 0 Å². The van der Waals surface area contributed by atoms with E-state index in [1.54, 1.807) is 0 Å². The minimum atomic E-state index is 0.797. The molecule has 1 aromatic rings. The van der Waals surface area contributed by atoms with E-state index in [4.69, 9.17) is 0 Å². The number of rotatable bonds is 5. The second kappa shape index (κ2) is 7.17. The van der Waals surface area contributed by atoms with Gasteiger partial charge in [-0.1, -0.05) is 47.3 Å². The second-order valence-corrected chi connectivity index (χ2v) is 5.94. The predicted octanol–water partition coefficient (Wildman–Crippen LogP) is 4.30. The summed E-state index contributed by atoms with van der Waals surface area (Å²) in [5.74, 6) is 0. The normalized spacial score (nSPS) is 17.2. The zero-order valence-corrected chi connectivity index (χ0v) is 12.0. The van der Waals surface area contributed by atoms with Crippen molar-refractivity contribution < 1.29 is 0 Å². The Balaban J connectivity index is 1.62. The minimum Gasteiger partial charge on any atom is -0.314 e. The molecular formula is C15H22BrN. The first-order valence-electron chi connectivity index (χ1n) is 6.82. The molecule has 1 aromatic carbocycles. The molecule has 0 radical (unpaired) electrons. The summed E-state index contributed by atoms with van der Waals surface area (Å²) in [7, 11) is 0. The average Bonchev–Trinajstić information content (AvgIpc) is 2.36. The van der Waals surface area contributed by atoms with Crippen LogP contribution in [0.1, 0.15) is 44.1 Å². The minimum absolute atomic E-state index is 0.797. The summed E-state index contributed by atoms with van der Waals surface area (Å²) in [5, 5.41) is 3.69. The molecule has 0 atom stereocenters. The first kappa shape index (κ1) is 13.1. The predicted molar refractivity (Wildman–Crippen MR) is 77.3 cm³/mol. The quantitative estimate of drug-likeness (QED) is 0.799. The van der Waals surface area contributed by atoms with Crippen LogP contribution in [0.5, 0.6) is 0 Å². The lowest BCUT2D eigenvalue weighted by Crippen LogP contribution is -2.31. The third-order valence-corrected chi connectivity index (χ3v) is 4.06. The molecule has 0 saturated heterocycles. The molecule has 0 spiro atoms. The maximum absolute atomic E-state index is 3.69. The molecule has 0 amide bonds. The molecule has 17 heavy (non-hydrogen) atoms. The molecule has 0 aromatic heterocycles. The summed E-state index contributed by atoms with van der Waals surface area (Å²) in [4.78, 5) is 0. The highest BCUT2D eigenvalue weighted by Gasteiger charge is 2.11. The topological polar surface area (TPSA) is 12.0 Å². The summed E-state index contributed by atoms with van der Waals surface area (Å²) in [6.45, 7) is 1.16. The van der Waals surface area contributed by atoms with E-state index in [1.165, 1.54) is 55.0 Å². The van der Waals surface area contributed by atoms with E-state index >= 15 is 0 Å². The molecule has 1 fully saturated rings. The Kier molecular flexibility index (Phi) is 5.53. The largest absolute Gasteiger partial charge is 0.314 e. The van der Waals surface area contributed by atoms with Gasteiger partial charge in [0.1, 0.15) is 0 Å². The number of nitrogens with one attached hydrogen (secondary N) is 1. The van der Waals surface area contributed by atoms with E-state index in [2.05, 4.69) is 45.5 Å². The number of hydrogen-bond acceptors (Lipinski definition) is 1. The molecule has 0 heterocycles. The van der Waals surface area contributed by atoms with Gasteiger partial charge in [-0.15, -0.1) is 0 Å². The van der Waals surface area contributed by atoms with Gasteiger partial charge in [0, 0.05) is 10.5 Å². The van der Waals surface area contributed by atoms with E-state index in [0.29, 0.717) is 0 Å². The second-order valence-electron chi connectivity index (χ2n) is 5.02. The molecule has 0 aliphatic heterocycles. The van der Waals surface area contributed by atoms with Crippen LogP contribution in [0.15, 0.2) is 28.7 Å². The lowest BCUT2D eigenvalue weighted by Gasteiger charge is -2.22. The molecular weight excluding hydrogens is 274 g/mol. The van der Waals surface area contributed by atoms with Gasteiger partial charge in [-0.05, 0) is 49.9 Å². The Bertz CT molecular complexity index is 331. The molecule has 1 N–H and O–H groups in total. The van der Waals surface area contributed by atoms with Crippen molar-refractivity contribution in [2.24, 2.45) is 0 Å². The van der Waals surface area contributed by atoms with Crippen molar-refractivity contribution in [3.05, 3.63) is 34.3 Å². The Morgan fingerprint density at radius 3 is 2.76 bits per heavy atom. The van der Waals surface area contributed by atoms with Crippen LogP contribution in [0.4, 0.5) is 0 Å². The average molecular weight is 296 g/mol. The van der Waals surface area contributed by atoms with Gasteiger partial charge in [-0.2, -0.15) is 0 Å². The monoisotopic (exact) mass is 295 g/mol. The number of benzene rings is 1. The fourth-order valence-corrected chi connectivity index (χ4v) is 3.04. The molecule has 1 aliphatic carbocycles. The SMILES string of the molecule is Brc1cccc(CCCNC2CCCCC2)c1. The first-order chi connectivity index (χ1) is 8.34. The van der Waals surface area contributed by atoms with Crippen molar-refractivity contribution in [2.75, 3.05) is 6.54 Å². The van der Waals surface area contributed by atoms with Crippen molar-refractivity contribution in [3.8, 4) is 0 Å². The summed E-state index contributed by atoms with van der Waals surface area (Å²) in [6.07, 6.45) is 9.47. The van der Waals surface area contributed by atoms with Crippen molar-refractivity contribution in [2.45, 2.75) is 51.0 Å². The number of aryl methyl sites for hydroxylation is 1. The van der Waals surface area contributed by atoms with Crippen molar-refractivity contribution in [3.63, 3.8) is 0 Å². The third kappa shape index (κ3) is 4.81. The van der Waals surface area contributed by atoms with E-state index in [0.717, 1.165) is 12.6 Å². The zero-order chi connectivity index (χ0) is 11.9. The fourth-order valence-electron chi connectivity index (χ4n) is 2.60. The van der Waals surface area contributed by atoms with Gasteiger partial charge in [-0.3, -0.25) is 0 Å². The highest BCUT2D eigenvalue weighted by Crippen LogP contribution is 2.17. The van der Waals surface area contributed by atoms with Crippen molar-refractivity contribution in [1.29, 1.82) is 0 Å². The smallest absolute Gasteiger partial charge is 0.0177 e. The summed E-state index contributed by atoms with van der Waals surface area (Å²) in [5.41, 5.74) is 1.44. The number of hydrogen-bond donors (Lipinski definition) is 1. The number of halogens is 1. The molecule has 1 nitrogen and oxygen atoms in total. The van der Waals surface area contributed by atoms with Crippen LogP contribution in [0.25, 0.3) is 0 Å². The van der Waals surface area contributed by atoms with Crippen LogP contribution >= 0.6 is 15.9 Å². The molecule has 0 unspecified atom stereocenters. The van der Waals surface area contributed by atoms with Crippen LogP contribution < -0.4 is 5.32 Å². The van der Waals surface area contributed by atoms with Gasteiger partial charge in [0.25, 0.3) is 0 Å². The van der Waals surface area contributed by atoms with Crippen LogP contribution in [0.3, 0.4) is 0 Å². The maximum atomic E-state index is 3.69. The van der Waals surface area contributed by atoms with Crippen LogP contribution in [0.2, 0.25) is 0 Å². The van der Waals surface area contributed by atoms with Crippen molar-refractivity contribution in [1.82, 2.24) is 5.32 Å².